The molecule has 0 radical (unpaired) electrons. The maximum Gasteiger partial charge on any atom is 0.309 e. The SMILES string of the molecule is CCCC(O)O.NC(N)=O. The van der Waals surface area contributed by atoms with Gasteiger partial charge in [-0.15, -0.1) is 0 Å². The van der Waals surface area contributed by atoms with Gasteiger partial charge in [-0.2, -0.15) is 0 Å². The lowest BCUT2D eigenvalue weighted by molar-refractivity contribution is -0.0453. The number of nitrogens with two attached hydrogens (primary N) is 2. The molecule has 0 saturated heterocycles. The van der Waals surface area contributed by atoms with E-state index < -0.39 is 12.3 Å². The summed E-state index contributed by atoms with van der Waals surface area (Å²) in [5, 5.41) is 16.2. The van der Waals surface area contributed by atoms with E-state index in [-0.39, 0.29) is 0 Å². The smallest absolute Gasteiger partial charge is 0.309 e. The molecule has 0 rings (SSSR count). The maximum absolute atomic E-state index is 9.00. The summed E-state index contributed by atoms with van der Waals surface area (Å²) in [5.41, 5.74) is 8.50. The van der Waals surface area contributed by atoms with Crippen LogP contribution in [0.2, 0.25) is 0 Å². The lowest BCUT2D eigenvalue weighted by Crippen LogP contribution is -2.18. The first-order valence-electron chi connectivity index (χ1n) is 2.91. The summed E-state index contributed by atoms with van der Waals surface area (Å²) in [7, 11) is 0. The van der Waals surface area contributed by atoms with Crippen LogP contribution in [0, 0.1) is 0 Å². The topological polar surface area (TPSA) is 110 Å². The van der Waals surface area contributed by atoms with Gasteiger partial charge in [0.15, 0.2) is 6.29 Å². The molecular formula is C5H14N2O3. The van der Waals surface area contributed by atoms with Crippen LogP contribution >= 0.6 is 0 Å². The van der Waals surface area contributed by atoms with Crippen molar-refractivity contribution in [1.29, 1.82) is 0 Å². The first kappa shape index (κ1) is 11.9. The molecule has 0 heterocycles. The predicted molar refractivity (Wildman–Crippen MR) is 36.9 cm³/mol. The highest BCUT2D eigenvalue weighted by atomic mass is 16.5. The molecule has 10 heavy (non-hydrogen) atoms. The minimum atomic E-state index is -1.10. The van der Waals surface area contributed by atoms with Crippen LogP contribution in [0.4, 0.5) is 4.79 Å². The average Bonchev–Trinajstić information content (AvgIpc) is 1.62. The summed E-state index contributed by atoms with van der Waals surface area (Å²) in [4.78, 5) is 9.00. The van der Waals surface area contributed by atoms with E-state index in [0.717, 1.165) is 6.42 Å². The quantitative estimate of drug-likeness (QED) is 0.384. The molecule has 0 atom stereocenters. The number of carbonyl (C=O) groups excluding carboxylic acids is 1. The van der Waals surface area contributed by atoms with Gasteiger partial charge in [0.1, 0.15) is 0 Å². The standard InChI is InChI=1S/C4H10O2.CH4N2O/c1-2-3-4(5)6;2-1(3)4/h4-6H,2-3H2,1H3;(H4,2,3,4). The van der Waals surface area contributed by atoms with Crippen molar-refractivity contribution >= 4 is 6.03 Å². The molecule has 0 spiro atoms. The summed E-state index contributed by atoms with van der Waals surface area (Å²) < 4.78 is 0. The second-order valence-electron chi connectivity index (χ2n) is 1.67. The molecule has 0 aliphatic rings. The molecule has 0 aromatic carbocycles. The Kier molecular flexibility index (Phi) is 9.77. The van der Waals surface area contributed by atoms with Crippen LogP contribution in [-0.2, 0) is 0 Å². The van der Waals surface area contributed by atoms with Crippen molar-refractivity contribution in [3.05, 3.63) is 0 Å². The fraction of sp³-hybridized carbons (Fsp3) is 0.800. The zero-order chi connectivity index (χ0) is 8.57. The minimum Gasteiger partial charge on any atom is -0.368 e. The summed E-state index contributed by atoms with van der Waals surface area (Å²) in [5.74, 6) is 0. The van der Waals surface area contributed by atoms with Crippen molar-refractivity contribution < 1.29 is 15.0 Å². The van der Waals surface area contributed by atoms with Crippen molar-refractivity contribution in [2.75, 3.05) is 0 Å². The third kappa shape index (κ3) is 57.4. The minimum absolute atomic E-state index is 0.486. The van der Waals surface area contributed by atoms with Gasteiger partial charge in [-0.25, -0.2) is 4.79 Å². The number of urea groups is 1. The monoisotopic (exact) mass is 150 g/mol. The Morgan fingerprint density at radius 1 is 1.50 bits per heavy atom. The summed E-state index contributed by atoms with van der Waals surface area (Å²) in [6.07, 6.45) is 0.215. The number of hydrogen-bond donors (Lipinski definition) is 4. The van der Waals surface area contributed by atoms with E-state index in [1.54, 1.807) is 0 Å². The van der Waals surface area contributed by atoms with Crippen LogP contribution in [0.3, 0.4) is 0 Å². The zero-order valence-corrected chi connectivity index (χ0v) is 5.95. The number of carbonyl (C=O) groups is 1. The highest BCUT2D eigenvalue weighted by Crippen LogP contribution is 1.88. The maximum atomic E-state index is 9.00. The van der Waals surface area contributed by atoms with E-state index in [0.29, 0.717) is 6.42 Å². The van der Waals surface area contributed by atoms with E-state index in [2.05, 4.69) is 11.5 Å². The third-order valence-corrected chi connectivity index (χ3v) is 0.547. The van der Waals surface area contributed by atoms with Gasteiger partial charge in [-0.1, -0.05) is 13.3 Å². The number of amides is 2. The van der Waals surface area contributed by atoms with Crippen LogP contribution in [0.15, 0.2) is 0 Å². The molecule has 5 nitrogen and oxygen atoms in total. The molecule has 0 saturated carbocycles. The lowest BCUT2D eigenvalue weighted by Gasteiger charge is -1.94. The largest absolute Gasteiger partial charge is 0.368 e. The molecule has 0 aliphatic carbocycles. The molecule has 0 aliphatic heterocycles. The second-order valence-corrected chi connectivity index (χ2v) is 1.67. The Labute approximate surface area is 59.6 Å². The van der Waals surface area contributed by atoms with Crippen LogP contribution in [-0.4, -0.2) is 22.5 Å². The average molecular weight is 150 g/mol. The Morgan fingerprint density at radius 3 is 1.80 bits per heavy atom. The number of aliphatic hydroxyl groups excluding tert-OH is 1. The van der Waals surface area contributed by atoms with Gasteiger partial charge in [-0.3, -0.25) is 0 Å². The van der Waals surface area contributed by atoms with E-state index >= 15 is 0 Å². The molecule has 0 bridgehead atoms. The van der Waals surface area contributed by atoms with Gasteiger partial charge < -0.3 is 21.7 Å². The number of hydrogen-bond acceptors (Lipinski definition) is 3. The Hall–Kier alpha value is -0.810. The van der Waals surface area contributed by atoms with Gasteiger partial charge >= 0.3 is 6.03 Å². The summed E-state index contributed by atoms with van der Waals surface area (Å²) >= 11 is 0. The Bertz CT molecular complexity index is 81.0. The molecule has 62 valence electrons. The van der Waals surface area contributed by atoms with E-state index in [1.807, 2.05) is 6.92 Å². The van der Waals surface area contributed by atoms with Crippen LogP contribution in [0.5, 0.6) is 0 Å². The fourth-order valence-electron chi connectivity index (χ4n) is 0.258. The van der Waals surface area contributed by atoms with Crippen molar-refractivity contribution in [3.8, 4) is 0 Å². The molecule has 5 heteroatoms. The van der Waals surface area contributed by atoms with Crippen molar-refractivity contribution in [2.45, 2.75) is 26.1 Å². The molecule has 0 unspecified atom stereocenters. The van der Waals surface area contributed by atoms with Crippen LogP contribution < -0.4 is 11.5 Å². The van der Waals surface area contributed by atoms with Gasteiger partial charge in [0.2, 0.25) is 0 Å². The number of rotatable bonds is 2. The Morgan fingerprint density at radius 2 is 1.80 bits per heavy atom. The molecular weight excluding hydrogens is 136 g/mol. The molecule has 6 N–H and O–H groups in total. The first-order valence-corrected chi connectivity index (χ1v) is 2.91. The molecule has 2 amide bonds. The highest BCUT2D eigenvalue weighted by molar-refractivity contribution is 5.69. The summed E-state index contributed by atoms with van der Waals surface area (Å²) in [6, 6.07) is -0.833. The molecule has 0 fully saturated rings. The van der Waals surface area contributed by atoms with Crippen LogP contribution in [0.25, 0.3) is 0 Å². The first-order chi connectivity index (χ1) is 4.50. The van der Waals surface area contributed by atoms with E-state index in [1.165, 1.54) is 0 Å². The lowest BCUT2D eigenvalue weighted by atomic mass is 10.3. The Balaban J connectivity index is 0. The normalized spacial score (nSPS) is 8.40. The van der Waals surface area contributed by atoms with Crippen molar-refractivity contribution in [3.63, 3.8) is 0 Å². The van der Waals surface area contributed by atoms with E-state index in [9.17, 15) is 0 Å². The van der Waals surface area contributed by atoms with Gasteiger partial charge in [0.25, 0.3) is 0 Å². The number of aliphatic hydroxyl groups is 2. The van der Waals surface area contributed by atoms with Gasteiger partial charge in [0.05, 0.1) is 0 Å². The van der Waals surface area contributed by atoms with E-state index in [4.69, 9.17) is 15.0 Å². The third-order valence-electron chi connectivity index (χ3n) is 0.547. The van der Waals surface area contributed by atoms with Crippen LogP contribution in [0.1, 0.15) is 19.8 Å². The second kappa shape index (κ2) is 8.19. The highest BCUT2D eigenvalue weighted by Gasteiger charge is 1.89. The predicted octanol–water partition coefficient (Wildman–Crippen LogP) is -0.879. The van der Waals surface area contributed by atoms with Gasteiger partial charge in [-0.05, 0) is 6.42 Å². The summed E-state index contributed by atoms with van der Waals surface area (Å²) in [6.45, 7) is 1.90. The fourth-order valence-corrected chi connectivity index (χ4v) is 0.258. The van der Waals surface area contributed by atoms with Gasteiger partial charge in [0, 0.05) is 0 Å². The number of primary amides is 2. The molecule has 0 aromatic heterocycles. The van der Waals surface area contributed by atoms with Crippen molar-refractivity contribution in [2.24, 2.45) is 11.5 Å². The van der Waals surface area contributed by atoms with Crippen molar-refractivity contribution in [1.82, 2.24) is 0 Å². The molecule has 0 aromatic rings. The zero-order valence-electron chi connectivity index (χ0n) is 5.95.